The second-order valence-corrected chi connectivity index (χ2v) is 4.55. The highest BCUT2D eigenvalue weighted by molar-refractivity contribution is 6.31. The van der Waals surface area contributed by atoms with Crippen molar-refractivity contribution >= 4 is 28.9 Å². The Morgan fingerprint density at radius 3 is 2.52 bits per heavy atom. The van der Waals surface area contributed by atoms with Crippen molar-refractivity contribution < 1.29 is 18.0 Å². The van der Waals surface area contributed by atoms with Crippen molar-refractivity contribution in [3.63, 3.8) is 0 Å². The monoisotopic (exact) mass is 315 g/mol. The van der Waals surface area contributed by atoms with Crippen molar-refractivity contribution in [3.05, 3.63) is 52.8 Å². The summed E-state index contributed by atoms with van der Waals surface area (Å²) in [5.41, 5.74) is 5.05. The van der Waals surface area contributed by atoms with Gasteiger partial charge in [-0.1, -0.05) is 11.6 Å². The predicted octanol–water partition coefficient (Wildman–Crippen LogP) is 3.59. The van der Waals surface area contributed by atoms with Crippen LogP contribution in [0.15, 0.2) is 36.5 Å². The number of nitrogens with two attached hydrogens (primary N) is 1. The van der Waals surface area contributed by atoms with Crippen molar-refractivity contribution in [1.29, 1.82) is 0 Å². The predicted molar refractivity (Wildman–Crippen MR) is 73.1 cm³/mol. The Hall–Kier alpha value is -2.28. The second kappa shape index (κ2) is 5.61. The van der Waals surface area contributed by atoms with Gasteiger partial charge in [-0.05, 0) is 30.3 Å². The fraction of sp³-hybridized carbons (Fsp3) is 0.0769. The van der Waals surface area contributed by atoms with Crippen LogP contribution in [0.2, 0.25) is 5.02 Å². The Bertz CT molecular complexity index is 671. The van der Waals surface area contributed by atoms with Gasteiger partial charge in [-0.25, -0.2) is 4.98 Å². The van der Waals surface area contributed by atoms with Crippen LogP contribution in [-0.4, -0.2) is 10.9 Å². The third kappa shape index (κ3) is 3.63. The molecule has 0 aliphatic heterocycles. The fourth-order valence-corrected chi connectivity index (χ4v) is 1.73. The molecule has 1 heterocycles. The van der Waals surface area contributed by atoms with Crippen LogP contribution in [0.3, 0.4) is 0 Å². The summed E-state index contributed by atoms with van der Waals surface area (Å²) in [6, 6.07) is 6.23. The number of carbonyl (C=O) groups excluding carboxylic acids is 1. The van der Waals surface area contributed by atoms with Gasteiger partial charge in [0.05, 0.1) is 17.4 Å². The topological polar surface area (TPSA) is 68.0 Å². The van der Waals surface area contributed by atoms with Crippen LogP contribution in [0.5, 0.6) is 0 Å². The molecular formula is C13H9ClF3N3O. The van der Waals surface area contributed by atoms with E-state index in [2.05, 4.69) is 10.3 Å². The van der Waals surface area contributed by atoms with E-state index >= 15 is 0 Å². The number of pyridine rings is 1. The normalized spacial score (nSPS) is 11.2. The zero-order valence-corrected chi connectivity index (χ0v) is 11.2. The van der Waals surface area contributed by atoms with Crippen LogP contribution in [0, 0.1) is 0 Å². The molecule has 1 amide bonds. The van der Waals surface area contributed by atoms with E-state index in [0.717, 1.165) is 18.3 Å². The highest BCUT2D eigenvalue weighted by atomic mass is 35.5. The first-order chi connectivity index (χ1) is 9.77. The van der Waals surface area contributed by atoms with Crippen LogP contribution in [0.1, 0.15) is 16.1 Å². The summed E-state index contributed by atoms with van der Waals surface area (Å²) in [4.78, 5) is 15.2. The number of anilines is 2. The zero-order chi connectivity index (χ0) is 15.6. The summed E-state index contributed by atoms with van der Waals surface area (Å²) >= 11 is 5.76. The lowest BCUT2D eigenvalue weighted by atomic mass is 10.1. The molecule has 2 aromatic rings. The van der Waals surface area contributed by atoms with Gasteiger partial charge in [0, 0.05) is 10.7 Å². The summed E-state index contributed by atoms with van der Waals surface area (Å²) < 4.78 is 37.1. The maximum Gasteiger partial charge on any atom is 0.433 e. The minimum Gasteiger partial charge on any atom is -0.398 e. The number of alkyl halides is 3. The highest BCUT2D eigenvalue weighted by Crippen LogP contribution is 2.28. The zero-order valence-electron chi connectivity index (χ0n) is 10.4. The summed E-state index contributed by atoms with van der Waals surface area (Å²) in [5.74, 6) is -0.587. The maximum atomic E-state index is 12.4. The van der Waals surface area contributed by atoms with Crippen molar-refractivity contribution in [1.82, 2.24) is 4.98 Å². The average molecular weight is 316 g/mol. The molecule has 0 saturated heterocycles. The highest BCUT2D eigenvalue weighted by Gasteiger charge is 2.32. The lowest BCUT2D eigenvalue weighted by Gasteiger charge is -2.09. The van der Waals surface area contributed by atoms with Gasteiger partial charge >= 0.3 is 6.18 Å². The van der Waals surface area contributed by atoms with E-state index in [0.29, 0.717) is 5.02 Å². The molecular weight excluding hydrogens is 307 g/mol. The Labute approximate surface area is 122 Å². The number of halogens is 4. The SMILES string of the molecule is Nc1ccc(Cl)cc1C(=O)Nc1ccc(C(F)(F)F)nc1. The first kappa shape index (κ1) is 15.1. The number of nitrogen functional groups attached to an aromatic ring is 1. The first-order valence-electron chi connectivity index (χ1n) is 5.67. The number of hydrogen-bond donors (Lipinski definition) is 2. The molecule has 0 unspecified atom stereocenters. The molecule has 4 nitrogen and oxygen atoms in total. The van der Waals surface area contributed by atoms with Gasteiger partial charge < -0.3 is 11.1 Å². The summed E-state index contributed by atoms with van der Waals surface area (Å²) in [7, 11) is 0. The standard InChI is InChI=1S/C13H9ClF3N3O/c14-7-1-3-10(18)9(5-7)12(21)20-8-2-4-11(19-6-8)13(15,16)17/h1-6H,18H2,(H,20,21). The molecule has 1 aromatic carbocycles. The number of benzene rings is 1. The lowest BCUT2D eigenvalue weighted by molar-refractivity contribution is -0.141. The molecule has 0 fully saturated rings. The third-order valence-electron chi connectivity index (χ3n) is 2.57. The number of amides is 1. The van der Waals surface area contributed by atoms with Gasteiger partial charge in [0.15, 0.2) is 0 Å². The van der Waals surface area contributed by atoms with E-state index in [4.69, 9.17) is 17.3 Å². The molecule has 0 aliphatic rings. The van der Waals surface area contributed by atoms with Gasteiger partial charge in [0.25, 0.3) is 5.91 Å². The molecule has 0 spiro atoms. The van der Waals surface area contributed by atoms with Crippen molar-refractivity contribution in [3.8, 4) is 0 Å². The summed E-state index contributed by atoms with van der Waals surface area (Å²) in [6.45, 7) is 0. The fourth-order valence-electron chi connectivity index (χ4n) is 1.56. The van der Waals surface area contributed by atoms with Gasteiger partial charge in [0.2, 0.25) is 0 Å². The molecule has 0 atom stereocenters. The summed E-state index contributed by atoms with van der Waals surface area (Å²) in [5, 5.41) is 2.72. The Balaban J connectivity index is 2.18. The van der Waals surface area contributed by atoms with Crippen LogP contribution in [0.4, 0.5) is 24.5 Å². The van der Waals surface area contributed by atoms with E-state index in [1.807, 2.05) is 0 Å². The van der Waals surface area contributed by atoms with E-state index in [1.54, 1.807) is 0 Å². The molecule has 1 aromatic heterocycles. The largest absolute Gasteiger partial charge is 0.433 e. The van der Waals surface area contributed by atoms with E-state index in [-0.39, 0.29) is 16.9 Å². The van der Waals surface area contributed by atoms with E-state index < -0.39 is 17.8 Å². The minimum atomic E-state index is -4.53. The van der Waals surface area contributed by atoms with Gasteiger partial charge in [0.1, 0.15) is 5.69 Å². The van der Waals surface area contributed by atoms with Crippen molar-refractivity contribution in [2.75, 3.05) is 11.1 Å². The molecule has 2 rings (SSSR count). The number of nitrogens with zero attached hydrogens (tertiary/aromatic N) is 1. The molecule has 0 radical (unpaired) electrons. The van der Waals surface area contributed by atoms with Crippen LogP contribution < -0.4 is 11.1 Å². The van der Waals surface area contributed by atoms with Crippen LogP contribution in [0.25, 0.3) is 0 Å². The van der Waals surface area contributed by atoms with E-state index in [1.165, 1.54) is 18.2 Å². The molecule has 0 bridgehead atoms. The molecule has 110 valence electrons. The molecule has 21 heavy (non-hydrogen) atoms. The smallest absolute Gasteiger partial charge is 0.398 e. The summed E-state index contributed by atoms with van der Waals surface area (Å²) in [6.07, 6.45) is -3.61. The second-order valence-electron chi connectivity index (χ2n) is 4.12. The quantitative estimate of drug-likeness (QED) is 0.832. The van der Waals surface area contributed by atoms with Gasteiger partial charge in [-0.15, -0.1) is 0 Å². The van der Waals surface area contributed by atoms with Gasteiger partial charge in [-0.2, -0.15) is 13.2 Å². The third-order valence-corrected chi connectivity index (χ3v) is 2.81. The molecule has 0 saturated carbocycles. The average Bonchev–Trinajstić information content (AvgIpc) is 2.41. The first-order valence-corrected chi connectivity index (χ1v) is 6.05. The number of rotatable bonds is 2. The van der Waals surface area contributed by atoms with Crippen LogP contribution >= 0.6 is 11.6 Å². The van der Waals surface area contributed by atoms with E-state index in [9.17, 15) is 18.0 Å². The molecule has 0 aliphatic carbocycles. The number of carbonyl (C=O) groups is 1. The lowest BCUT2D eigenvalue weighted by Crippen LogP contribution is -2.15. The van der Waals surface area contributed by atoms with Crippen LogP contribution in [-0.2, 0) is 6.18 Å². The Morgan fingerprint density at radius 2 is 1.95 bits per heavy atom. The number of nitrogens with one attached hydrogen (secondary N) is 1. The number of hydrogen-bond acceptors (Lipinski definition) is 3. The van der Waals surface area contributed by atoms with Gasteiger partial charge in [-0.3, -0.25) is 4.79 Å². The maximum absolute atomic E-state index is 12.4. The number of aromatic nitrogens is 1. The minimum absolute atomic E-state index is 0.118. The van der Waals surface area contributed by atoms with Crippen molar-refractivity contribution in [2.24, 2.45) is 0 Å². The Kier molecular flexibility index (Phi) is 4.04. The Morgan fingerprint density at radius 1 is 1.24 bits per heavy atom. The molecule has 8 heteroatoms. The van der Waals surface area contributed by atoms with Crippen molar-refractivity contribution in [2.45, 2.75) is 6.18 Å². The molecule has 3 N–H and O–H groups in total.